The van der Waals surface area contributed by atoms with Crippen LogP contribution >= 0.6 is 0 Å². The summed E-state index contributed by atoms with van der Waals surface area (Å²) in [5.41, 5.74) is 3.46. The minimum absolute atomic E-state index is 0.177. The molecule has 0 aromatic heterocycles. The van der Waals surface area contributed by atoms with Gasteiger partial charge in [0.1, 0.15) is 0 Å². The smallest absolute Gasteiger partial charge is 0.0451 e. The van der Waals surface area contributed by atoms with Crippen molar-refractivity contribution in [3.05, 3.63) is 60.2 Å². The zero-order valence-corrected chi connectivity index (χ0v) is 11.6. The zero-order valence-electron chi connectivity index (χ0n) is 11.6. The molecule has 0 aliphatic heterocycles. The maximum absolute atomic E-state index is 9.19. The van der Waals surface area contributed by atoms with Crippen LogP contribution in [0.2, 0.25) is 0 Å². The minimum atomic E-state index is -0.177. The van der Waals surface area contributed by atoms with Crippen LogP contribution in [0.15, 0.2) is 54.6 Å². The highest BCUT2D eigenvalue weighted by Crippen LogP contribution is 2.27. The third kappa shape index (κ3) is 3.03. The first-order valence-electron chi connectivity index (χ1n) is 6.65. The summed E-state index contributed by atoms with van der Waals surface area (Å²) >= 11 is 0. The highest BCUT2D eigenvalue weighted by atomic mass is 16.3. The Labute approximate surface area is 115 Å². The van der Waals surface area contributed by atoms with Gasteiger partial charge < -0.3 is 10.4 Å². The van der Waals surface area contributed by atoms with Gasteiger partial charge in [0.2, 0.25) is 0 Å². The van der Waals surface area contributed by atoms with Crippen molar-refractivity contribution in [1.82, 2.24) is 5.32 Å². The van der Waals surface area contributed by atoms with Gasteiger partial charge in [0, 0.05) is 12.1 Å². The molecule has 0 amide bonds. The molecule has 2 nitrogen and oxygen atoms in total. The van der Waals surface area contributed by atoms with Crippen molar-refractivity contribution in [2.24, 2.45) is 0 Å². The van der Waals surface area contributed by atoms with Crippen molar-refractivity contribution in [3.63, 3.8) is 0 Å². The number of nitrogens with one attached hydrogen (secondary N) is 1. The predicted molar refractivity (Wildman–Crippen MR) is 80.0 cm³/mol. The summed E-state index contributed by atoms with van der Waals surface area (Å²) in [6.07, 6.45) is 0.703. The summed E-state index contributed by atoms with van der Waals surface area (Å²) in [6.45, 7) is 2.29. The molecule has 0 fully saturated rings. The molecule has 100 valence electrons. The van der Waals surface area contributed by atoms with Crippen LogP contribution in [-0.4, -0.2) is 18.8 Å². The molecule has 0 spiro atoms. The molecule has 0 radical (unpaired) electrons. The van der Waals surface area contributed by atoms with E-state index in [0.717, 1.165) is 0 Å². The van der Waals surface area contributed by atoms with Crippen LogP contribution in [0.5, 0.6) is 0 Å². The Bertz CT molecular complexity index is 507. The molecule has 0 saturated carbocycles. The molecule has 0 heterocycles. The molecular weight excluding hydrogens is 234 g/mol. The lowest BCUT2D eigenvalue weighted by Crippen LogP contribution is -2.37. The van der Waals surface area contributed by atoms with E-state index >= 15 is 0 Å². The fourth-order valence-electron chi connectivity index (χ4n) is 2.30. The normalized spacial score (nSPS) is 14.1. The van der Waals surface area contributed by atoms with E-state index < -0.39 is 0 Å². The monoisotopic (exact) mass is 255 g/mol. The van der Waals surface area contributed by atoms with Crippen molar-refractivity contribution >= 4 is 0 Å². The van der Waals surface area contributed by atoms with Gasteiger partial charge in [-0.05, 0) is 37.1 Å². The van der Waals surface area contributed by atoms with Crippen LogP contribution in [0.3, 0.4) is 0 Å². The Balaban J connectivity index is 2.28. The van der Waals surface area contributed by atoms with E-state index in [9.17, 15) is 5.11 Å². The van der Waals surface area contributed by atoms with Gasteiger partial charge in [-0.2, -0.15) is 0 Å². The van der Waals surface area contributed by atoms with Crippen LogP contribution < -0.4 is 5.32 Å². The molecule has 2 N–H and O–H groups in total. The van der Waals surface area contributed by atoms with Crippen molar-refractivity contribution in [2.45, 2.75) is 18.9 Å². The van der Waals surface area contributed by atoms with Crippen molar-refractivity contribution < 1.29 is 5.11 Å². The van der Waals surface area contributed by atoms with E-state index in [4.69, 9.17) is 0 Å². The second-order valence-electron chi connectivity index (χ2n) is 5.00. The van der Waals surface area contributed by atoms with Crippen molar-refractivity contribution in [2.75, 3.05) is 13.7 Å². The lowest BCUT2D eigenvalue weighted by Gasteiger charge is -2.29. The molecule has 1 unspecified atom stereocenters. The van der Waals surface area contributed by atoms with Crippen LogP contribution in [0, 0.1) is 0 Å². The number of aliphatic hydroxyl groups is 1. The fourth-order valence-corrected chi connectivity index (χ4v) is 2.30. The quantitative estimate of drug-likeness (QED) is 0.860. The highest BCUT2D eigenvalue weighted by Gasteiger charge is 2.23. The Kier molecular flexibility index (Phi) is 4.35. The second kappa shape index (κ2) is 6.00. The van der Waals surface area contributed by atoms with Gasteiger partial charge in [-0.1, -0.05) is 54.6 Å². The Morgan fingerprint density at radius 2 is 1.53 bits per heavy atom. The average molecular weight is 255 g/mol. The molecular formula is C17H21NO. The molecule has 1 atom stereocenters. The van der Waals surface area contributed by atoms with Crippen molar-refractivity contribution in [1.29, 1.82) is 0 Å². The first-order chi connectivity index (χ1) is 9.19. The molecule has 0 bridgehead atoms. The van der Waals surface area contributed by atoms with Gasteiger partial charge in [0.25, 0.3) is 0 Å². The van der Waals surface area contributed by atoms with Gasteiger partial charge in [-0.3, -0.25) is 0 Å². The maximum Gasteiger partial charge on any atom is 0.0451 e. The summed E-state index contributed by atoms with van der Waals surface area (Å²) in [7, 11) is 1.93. The lowest BCUT2D eigenvalue weighted by molar-refractivity contribution is 0.228. The standard InChI is InChI=1S/C17H21NO/c1-17(18-2,12-13-19)16-10-8-15(9-11-16)14-6-4-3-5-7-14/h3-11,18-19H,12-13H2,1-2H3. The van der Waals surface area contributed by atoms with E-state index in [0.29, 0.717) is 6.42 Å². The highest BCUT2D eigenvalue weighted by molar-refractivity contribution is 5.63. The van der Waals surface area contributed by atoms with E-state index in [1.165, 1.54) is 16.7 Å². The van der Waals surface area contributed by atoms with Gasteiger partial charge in [-0.15, -0.1) is 0 Å². The number of aliphatic hydroxyl groups excluding tert-OH is 1. The summed E-state index contributed by atoms with van der Waals surface area (Å²) in [5, 5.41) is 12.5. The van der Waals surface area contributed by atoms with Crippen LogP contribution in [-0.2, 0) is 5.54 Å². The second-order valence-corrected chi connectivity index (χ2v) is 5.00. The first-order valence-corrected chi connectivity index (χ1v) is 6.65. The number of rotatable bonds is 5. The summed E-state index contributed by atoms with van der Waals surface area (Å²) < 4.78 is 0. The van der Waals surface area contributed by atoms with E-state index in [2.05, 4.69) is 48.6 Å². The van der Waals surface area contributed by atoms with E-state index in [1.54, 1.807) is 0 Å². The van der Waals surface area contributed by atoms with Crippen molar-refractivity contribution in [3.8, 4) is 11.1 Å². The molecule has 2 aromatic carbocycles. The minimum Gasteiger partial charge on any atom is -0.396 e. The fraction of sp³-hybridized carbons (Fsp3) is 0.294. The number of hydrogen-bond acceptors (Lipinski definition) is 2. The summed E-state index contributed by atoms with van der Waals surface area (Å²) in [6, 6.07) is 18.9. The predicted octanol–water partition coefficient (Wildman–Crippen LogP) is 3.17. The maximum atomic E-state index is 9.19. The molecule has 0 saturated heterocycles. The average Bonchev–Trinajstić information content (AvgIpc) is 2.48. The summed E-state index contributed by atoms with van der Waals surface area (Å²) in [4.78, 5) is 0. The van der Waals surface area contributed by atoms with E-state index in [1.807, 2.05) is 25.2 Å². The Hall–Kier alpha value is -1.64. The van der Waals surface area contributed by atoms with Crippen LogP contribution in [0.4, 0.5) is 0 Å². The van der Waals surface area contributed by atoms with Crippen LogP contribution in [0.25, 0.3) is 11.1 Å². The zero-order chi connectivity index (χ0) is 13.7. The van der Waals surface area contributed by atoms with Gasteiger partial charge in [0.15, 0.2) is 0 Å². The molecule has 19 heavy (non-hydrogen) atoms. The van der Waals surface area contributed by atoms with E-state index in [-0.39, 0.29) is 12.1 Å². The molecule has 0 aliphatic carbocycles. The number of hydrogen-bond donors (Lipinski definition) is 2. The Morgan fingerprint density at radius 1 is 0.947 bits per heavy atom. The third-order valence-corrected chi connectivity index (χ3v) is 3.79. The van der Waals surface area contributed by atoms with Gasteiger partial charge in [-0.25, -0.2) is 0 Å². The third-order valence-electron chi connectivity index (χ3n) is 3.79. The summed E-state index contributed by atoms with van der Waals surface area (Å²) in [5.74, 6) is 0. The molecule has 2 heteroatoms. The molecule has 2 aromatic rings. The number of benzene rings is 2. The Morgan fingerprint density at radius 3 is 2.05 bits per heavy atom. The molecule has 2 rings (SSSR count). The molecule has 0 aliphatic rings. The van der Waals surface area contributed by atoms with Gasteiger partial charge >= 0.3 is 0 Å². The topological polar surface area (TPSA) is 32.3 Å². The largest absolute Gasteiger partial charge is 0.396 e. The van der Waals surface area contributed by atoms with Crippen LogP contribution in [0.1, 0.15) is 18.9 Å². The first kappa shape index (κ1) is 13.8. The van der Waals surface area contributed by atoms with Gasteiger partial charge in [0.05, 0.1) is 0 Å². The SMILES string of the molecule is CNC(C)(CCO)c1ccc(-c2ccccc2)cc1. The lowest BCUT2D eigenvalue weighted by atomic mass is 9.88.